The largest absolute Gasteiger partial charge is 0.480 e. The molecule has 0 aliphatic carbocycles. The third kappa shape index (κ3) is 15.8. The van der Waals surface area contributed by atoms with Gasteiger partial charge in [0, 0.05) is 35.3 Å². The lowest BCUT2D eigenvalue weighted by Gasteiger charge is -2.24. The number of hydrogen-bond acceptors (Lipinski definition) is 15. The zero-order valence-electron chi connectivity index (χ0n) is 39.7. The molecular weight excluding hydrogens is 1130 g/mol. The number of carboxylic acid groups (broad SMARTS) is 3. The van der Waals surface area contributed by atoms with Crippen LogP contribution in [0, 0.1) is 0 Å². The van der Waals surface area contributed by atoms with Crippen LogP contribution in [0.5, 0.6) is 0 Å². The molecule has 0 aliphatic rings. The highest BCUT2D eigenvalue weighted by Crippen LogP contribution is 2.43. The molecule has 5 rings (SSSR count). The molecule has 404 valence electrons. The first-order valence-electron chi connectivity index (χ1n) is 21.5. The molecule has 3 atom stereocenters. The molecule has 4 amide bonds. The number of nitrogens with zero attached hydrogens (tertiary/aromatic N) is 2. The average Bonchev–Trinajstić information content (AvgIpc) is 3.38. The summed E-state index contributed by atoms with van der Waals surface area (Å²) in [6.45, 7) is 0.377. The highest BCUT2D eigenvalue weighted by Gasteiger charge is 2.45. The summed E-state index contributed by atoms with van der Waals surface area (Å²) in [5.74, 6) is -13.0. The van der Waals surface area contributed by atoms with Crippen LogP contribution in [0.4, 0.5) is 14.4 Å². The third-order valence-corrected chi connectivity index (χ3v) is 15.6. The third-order valence-electron chi connectivity index (χ3n) is 10.4. The predicted octanol–water partition coefficient (Wildman–Crippen LogP) is 7.32. The number of amides is 4. The van der Waals surface area contributed by atoms with Crippen LogP contribution >= 0.6 is 46.4 Å². The van der Waals surface area contributed by atoms with E-state index < -0.39 is 133 Å². The molecule has 0 aromatic heterocycles. The second-order valence-electron chi connectivity index (χ2n) is 15.6. The molecule has 5 aromatic rings. The summed E-state index contributed by atoms with van der Waals surface area (Å²) < 4.78 is 69.7. The van der Waals surface area contributed by atoms with Gasteiger partial charge in [0.1, 0.15) is 54.0 Å². The number of halogens is 4. The number of nitrogens with one attached hydrogen (secondary N) is 2. The van der Waals surface area contributed by atoms with Gasteiger partial charge in [0.25, 0.3) is 20.0 Å². The van der Waals surface area contributed by atoms with Crippen molar-refractivity contribution in [3.05, 3.63) is 163 Å². The van der Waals surface area contributed by atoms with Gasteiger partial charge in [-0.25, -0.2) is 39.8 Å². The number of carboxylic acids is 3. The van der Waals surface area contributed by atoms with Crippen LogP contribution in [0.1, 0.15) is 46.6 Å². The topological polar surface area (TPSA) is 324 Å². The Morgan fingerprint density at radius 1 is 0.539 bits per heavy atom. The summed E-state index contributed by atoms with van der Waals surface area (Å²) in [6, 6.07) is 28.0. The smallest absolute Gasteiger partial charge is 0.423 e. The van der Waals surface area contributed by atoms with Gasteiger partial charge < -0.3 is 40.2 Å². The van der Waals surface area contributed by atoms with Crippen molar-refractivity contribution in [1.29, 1.82) is 0 Å². The van der Waals surface area contributed by atoms with Crippen LogP contribution in [0.2, 0.25) is 20.1 Å². The summed E-state index contributed by atoms with van der Waals surface area (Å²) in [5.41, 5.74) is 0.0600. The first-order chi connectivity index (χ1) is 35.7. The summed E-state index contributed by atoms with van der Waals surface area (Å²) in [4.78, 5) is 96.4. The van der Waals surface area contributed by atoms with Crippen LogP contribution in [0.15, 0.2) is 125 Å². The number of Topliss-reactive ketones (excluding diaryl/α,β-unsaturated/α-hetero) is 1. The van der Waals surface area contributed by atoms with Gasteiger partial charge >= 0.3 is 36.2 Å². The van der Waals surface area contributed by atoms with Crippen molar-refractivity contribution in [2.75, 3.05) is 20.6 Å². The number of hydrogen-bond donors (Lipinski definition) is 5. The van der Waals surface area contributed by atoms with Gasteiger partial charge in [0.15, 0.2) is 5.78 Å². The van der Waals surface area contributed by atoms with Crippen molar-refractivity contribution >= 4 is 114 Å². The molecule has 2 unspecified atom stereocenters. The Morgan fingerprint density at radius 3 is 1.21 bits per heavy atom. The number of benzene rings is 5. The van der Waals surface area contributed by atoms with Gasteiger partial charge in [-0.2, -0.15) is 0 Å². The molecule has 0 radical (unpaired) electrons. The maximum atomic E-state index is 14.1. The van der Waals surface area contributed by atoms with Gasteiger partial charge in [-0.15, -0.1) is 0 Å². The minimum atomic E-state index is -4.96. The lowest BCUT2D eigenvalue weighted by Crippen LogP contribution is -2.46. The number of ether oxygens (including phenoxy) is 3. The molecule has 0 bridgehead atoms. The van der Waals surface area contributed by atoms with E-state index in [-0.39, 0.29) is 28.4 Å². The number of aliphatic carboxylic acids is 3. The summed E-state index contributed by atoms with van der Waals surface area (Å²) in [7, 11) is -8.28. The zero-order chi connectivity index (χ0) is 56.7. The van der Waals surface area contributed by atoms with E-state index in [9.17, 15) is 65.4 Å². The number of rotatable bonds is 20. The molecule has 0 aliphatic heterocycles. The number of carbonyl (C=O) groups excluding carboxylic acids is 5. The minimum Gasteiger partial charge on any atom is -0.480 e. The highest BCUT2D eigenvalue weighted by molar-refractivity contribution is 7.90. The number of sulfonamides is 2. The Bertz CT molecular complexity index is 3050. The van der Waals surface area contributed by atoms with Crippen LogP contribution in [0.25, 0.3) is 0 Å². The van der Waals surface area contributed by atoms with Crippen molar-refractivity contribution in [3.63, 3.8) is 0 Å². The van der Waals surface area contributed by atoms with Gasteiger partial charge in [-0.05, 0) is 47.9 Å². The van der Waals surface area contributed by atoms with Crippen molar-refractivity contribution in [1.82, 2.24) is 19.2 Å². The molecule has 76 heavy (non-hydrogen) atoms. The van der Waals surface area contributed by atoms with Gasteiger partial charge in [-0.1, -0.05) is 137 Å². The number of alkyl carbamates (subject to hydrolysis) is 1. The SMILES string of the molecule is CN(C(=O)OCc1ccccc1)S(=O)(=O)c1ccc(Cl)c(C(C(=O)O)C(=O)C(C(=O)O)c2c(Cl)ccc(S(=O)(=O)N(C)C(=O)OCc3ccccc3)c2Cl)c1Cl.C[C@H](NC(=O)OCc1ccccc1)C(=O)NCC(=O)O. The Morgan fingerprint density at radius 2 is 0.882 bits per heavy atom. The van der Waals surface area contributed by atoms with E-state index in [2.05, 4.69) is 10.6 Å². The van der Waals surface area contributed by atoms with E-state index in [1.807, 2.05) is 18.2 Å². The molecule has 0 heterocycles. The highest BCUT2D eigenvalue weighted by atomic mass is 35.5. The second kappa shape index (κ2) is 27.3. The lowest BCUT2D eigenvalue weighted by atomic mass is 9.83. The van der Waals surface area contributed by atoms with Gasteiger partial charge in [0.05, 0.1) is 10.0 Å². The molecule has 5 aromatic carbocycles. The fourth-order valence-corrected chi connectivity index (χ4v) is 10.4. The first kappa shape index (κ1) is 61.1. The van der Waals surface area contributed by atoms with E-state index in [1.165, 1.54) is 6.92 Å². The van der Waals surface area contributed by atoms with Gasteiger partial charge in [0.2, 0.25) is 5.91 Å². The molecule has 0 saturated heterocycles. The van der Waals surface area contributed by atoms with Crippen LogP contribution in [-0.2, 0) is 78.1 Å². The molecule has 0 saturated carbocycles. The first-order valence-corrected chi connectivity index (χ1v) is 25.9. The van der Waals surface area contributed by atoms with Crippen LogP contribution < -0.4 is 10.6 Å². The Labute approximate surface area is 454 Å². The fourth-order valence-electron chi connectivity index (χ4n) is 6.40. The number of ketones is 1. The summed E-state index contributed by atoms with van der Waals surface area (Å²) >= 11 is 25.4. The zero-order valence-corrected chi connectivity index (χ0v) is 44.4. The van der Waals surface area contributed by atoms with E-state index in [4.69, 9.17) is 65.7 Å². The van der Waals surface area contributed by atoms with E-state index in [1.54, 1.807) is 72.8 Å². The van der Waals surface area contributed by atoms with E-state index in [0.29, 0.717) is 11.1 Å². The predicted molar refractivity (Wildman–Crippen MR) is 272 cm³/mol. The maximum Gasteiger partial charge on any atom is 0.423 e. The summed E-state index contributed by atoms with van der Waals surface area (Å²) in [5, 5.41) is 30.3. The monoisotopic (exact) mass is 1170 g/mol. The lowest BCUT2D eigenvalue weighted by molar-refractivity contribution is -0.147. The van der Waals surface area contributed by atoms with Crippen molar-refractivity contribution in [2.24, 2.45) is 0 Å². The minimum absolute atomic E-state index is 0.0934. The maximum absolute atomic E-state index is 14.1. The number of carbonyl (C=O) groups is 8. The fraction of sp³-hybridized carbons (Fsp3) is 0.208. The molecule has 0 fully saturated rings. The van der Waals surface area contributed by atoms with Crippen LogP contribution in [0.3, 0.4) is 0 Å². The van der Waals surface area contributed by atoms with Crippen LogP contribution in [-0.4, -0.2) is 115 Å². The molecule has 0 spiro atoms. The second-order valence-corrected chi connectivity index (χ2v) is 21.0. The standard InChI is InChI=1S/C35H28Cl4N2O13S2.C13H16N2O5/c1-40(34(47)53-17-19-9-5-3-6-10-19)55(49,50)23-15-13-21(36)25(29(23)38)27(32(43)44)31(42)28(33(45)46)26-22(37)14-16-24(30(26)39)56(51,52)41(2)35(48)54-18-20-11-7-4-8-12-20;1-9(12(18)14-7-11(16)17)15-13(19)20-8-10-5-3-2-4-6-10/h3-16,27-28H,17-18H2,1-2H3,(H,43,44)(H,45,46);2-6,9H,7-8H2,1H3,(H,14,18)(H,15,19)(H,16,17)/t;9-/m.0/s1. The summed E-state index contributed by atoms with van der Waals surface area (Å²) in [6.07, 6.45) is -3.48. The van der Waals surface area contributed by atoms with Crippen molar-refractivity contribution in [3.8, 4) is 0 Å². The normalized spacial score (nSPS) is 12.2. The molecule has 28 heteroatoms. The molecular formula is C48H44Cl4N4O18S2. The Balaban J connectivity index is 0.000000523. The Kier molecular flexibility index (Phi) is 22.0. The van der Waals surface area contributed by atoms with Crippen molar-refractivity contribution in [2.45, 2.75) is 54.4 Å². The van der Waals surface area contributed by atoms with Gasteiger partial charge in [-0.3, -0.25) is 24.0 Å². The molecule has 22 nitrogen and oxygen atoms in total. The molecule has 5 N–H and O–H groups in total. The quantitative estimate of drug-likeness (QED) is 0.0376. The Hall–Kier alpha value is -7.48. The van der Waals surface area contributed by atoms with E-state index in [0.717, 1.165) is 43.9 Å². The average molecular weight is 1170 g/mol. The van der Waals surface area contributed by atoms with E-state index >= 15 is 0 Å². The van der Waals surface area contributed by atoms with Crippen molar-refractivity contribution < 1.29 is 84.7 Å².